The monoisotopic (exact) mass is 329 g/mol. The zero-order valence-corrected chi connectivity index (χ0v) is 14.5. The molecule has 2 aromatic carbocycles. The Morgan fingerprint density at radius 1 is 1.08 bits per heavy atom. The molecule has 0 N–H and O–H groups in total. The van der Waals surface area contributed by atoms with E-state index in [-0.39, 0.29) is 5.89 Å². The van der Waals surface area contributed by atoms with Gasteiger partial charge in [-0.2, -0.15) is 10.2 Å². The van der Waals surface area contributed by atoms with E-state index in [1.54, 1.807) is 6.08 Å². The average Bonchev–Trinajstić information content (AvgIpc) is 3.10. The van der Waals surface area contributed by atoms with E-state index >= 15 is 0 Å². The summed E-state index contributed by atoms with van der Waals surface area (Å²) >= 11 is 0. The maximum absolute atomic E-state index is 9.45. The molecule has 4 nitrogen and oxygen atoms in total. The topological polar surface area (TPSA) is 62.7 Å². The van der Waals surface area contributed by atoms with E-state index < -0.39 is 0 Å². The first kappa shape index (κ1) is 16.7. The summed E-state index contributed by atoms with van der Waals surface area (Å²) in [5.74, 6) is 1.18. The van der Waals surface area contributed by atoms with Crippen LogP contribution >= 0.6 is 0 Å². The molecule has 3 rings (SSSR count). The van der Waals surface area contributed by atoms with Crippen LogP contribution in [0.1, 0.15) is 42.3 Å². The van der Waals surface area contributed by atoms with Crippen molar-refractivity contribution in [3.63, 3.8) is 0 Å². The number of rotatable bonds is 4. The molecule has 0 saturated carbocycles. The minimum atomic E-state index is 0.228. The summed E-state index contributed by atoms with van der Waals surface area (Å²) in [7, 11) is 0. The van der Waals surface area contributed by atoms with E-state index in [0.717, 1.165) is 16.7 Å². The highest BCUT2D eigenvalue weighted by Gasteiger charge is 2.13. The first-order valence-corrected chi connectivity index (χ1v) is 8.19. The van der Waals surface area contributed by atoms with E-state index in [1.165, 1.54) is 5.56 Å². The van der Waals surface area contributed by atoms with Crippen LogP contribution in [-0.4, -0.2) is 10.1 Å². The minimum Gasteiger partial charge on any atom is -0.333 e. The van der Waals surface area contributed by atoms with Gasteiger partial charge in [0.15, 0.2) is 0 Å². The van der Waals surface area contributed by atoms with Crippen molar-refractivity contribution < 1.29 is 4.52 Å². The molecule has 0 amide bonds. The van der Waals surface area contributed by atoms with Gasteiger partial charge in [-0.1, -0.05) is 73.1 Å². The van der Waals surface area contributed by atoms with Crippen molar-refractivity contribution in [3.05, 3.63) is 71.1 Å². The molecule has 4 heteroatoms. The van der Waals surface area contributed by atoms with Crippen LogP contribution in [0, 0.1) is 18.3 Å². The van der Waals surface area contributed by atoms with Crippen LogP contribution in [0.4, 0.5) is 0 Å². The number of nitriles is 1. The van der Waals surface area contributed by atoms with Gasteiger partial charge in [0.05, 0.1) is 0 Å². The summed E-state index contributed by atoms with van der Waals surface area (Å²) < 4.78 is 5.28. The number of hydrogen-bond donors (Lipinski definition) is 0. The lowest BCUT2D eigenvalue weighted by Crippen LogP contribution is -1.87. The number of benzene rings is 2. The van der Waals surface area contributed by atoms with Crippen molar-refractivity contribution in [2.75, 3.05) is 0 Å². The predicted octanol–water partition coefficient (Wildman–Crippen LogP) is 5.23. The van der Waals surface area contributed by atoms with Gasteiger partial charge in [0.25, 0.3) is 5.89 Å². The molecule has 25 heavy (non-hydrogen) atoms. The highest BCUT2D eigenvalue weighted by molar-refractivity contribution is 5.86. The van der Waals surface area contributed by atoms with Crippen molar-refractivity contribution in [2.24, 2.45) is 0 Å². The Morgan fingerprint density at radius 2 is 1.76 bits per heavy atom. The van der Waals surface area contributed by atoms with Crippen molar-refractivity contribution >= 4 is 11.6 Å². The Morgan fingerprint density at radius 3 is 2.36 bits per heavy atom. The van der Waals surface area contributed by atoms with Crippen molar-refractivity contribution in [2.45, 2.75) is 26.7 Å². The molecule has 0 radical (unpaired) electrons. The number of aromatic nitrogens is 2. The normalized spacial score (nSPS) is 11.6. The predicted molar refractivity (Wildman–Crippen MR) is 98.5 cm³/mol. The lowest BCUT2D eigenvalue weighted by molar-refractivity contribution is 0.409. The third-order valence-electron chi connectivity index (χ3n) is 4.00. The second-order valence-electron chi connectivity index (χ2n) is 6.28. The van der Waals surface area contributed by atoms with Crippen LogP contribution in [-0.2, 0) is 0 Å². The Balaban J connectivity index is 1.88. The first-order valence-electron chi connectivity index (χ1n) is 8.19. The number of nitrogens with zero attached hydrogens (tertiary/aromatic N) is 3. The quantitative estimate of drug-likeness (QED) is 0.615. The van der Waals surface area contributed by atoms with Gasteiger partial charge in [-0.15, -0.1) is 0 Å². The number of allylic oxidation sites excluding steroid dienone is 1. The molecular weight excluding hydrogens is 310 g/mol. The van der Waals surface area contributed by atoms with E-state index in [1.807, 2.05) is 43.3 Å². The van der Waals surface area contributed by atoms with Crippen molar-refractivity contribution in [1.82, 2.24) is 10.1 Å². The first-order chi connectivity index (χ1) is 12.1. The minimum absolute atomic E-state index is 0.228. The van der Waals surface area contributed by atoms with Gasteiger partial charge < -0.3 is 4.52 Å². The summed E-state index contributed by atoms with van der Waals surface area (Å²) in [6.07, 6.45) is 1.76. The molecule has 0 fully saturated rings. The molecule has 0 atom stereocenters. The molecule has 0 aliphatic heterocycles. The summed E-state index contributed by atoms with van der Waals surface area (Å²) in [6, 6.07) is 18.1. The molecule has 1 aromatic heterocycles. The van der Waals surface area contributed by atoms with Crippen molar-refractivity contribution in [3.8, 4) is 17.5 Å². The Kier molecular flexibility index (Phi) is 4.76. The van der Waals surface area contributed by atoms with Gasteiger partial charge in [0.2, 0.25) is 5.82 Å². The third-order valence-corrected chi connectivity index (χ3v) is 4.00. The zero-order valence-electron chi connectivity index (χ0n) is 14.5. The van der Waals surface area contributed by atoms with Gasteiger partial charge >= 0.3 is 0 Å². The molecule has 0 saturated heterocycles. The SMILES string of the molecule is Cc1ccc(-c2noc(/C(C#N)=C/c3ccc(C(C)C)cc3)n2)cc1. The van der Waals surface area contributed by atoms with Gasteiger partial charge in [0, 0.05) is 5.56 Å². The fourth-order valence-corrected chi connectivity index (χ4v) is 2.44. The lowest BCUT2D eigenvalue weighted by Gasteiger charge is -2.04. The van der Waals surface area contributed by atoms with Crippen LogP contribution in [0.5, 0.6) is 0 Å². The summed E-state index contributed by atoms with van der Waals surface area (Å²) in [4.78, 5) is 4.35. The van der Waals surface area contributed by atoms with Gasteiger partial charge in [-0.3, -0.25) is 0 Å². The molecule has 124 valence electrons. The van der Waals surface area contributed by atoms with Crippen LogP contribution < -0.4 is 0 Å². The van der Waals surface area contributed by atoms with E-state index in [9.17, 15) is 5.26 Å². The number of hydrogen-bond acceptors (Lipinski definition) is 4. The fourth-order valence-electron chi connectivity index (χ4n) is 2.44. The summed E-state index contributed by atoms with van der Waals surface area (Å²) in [6.45, 7) is 6.32. The fraction of sp³-hybridized carbons (Fsp3) is 0.190. The molecule has 1 heterocycles. The van der Waals surface area contributed by atoms with E-state index in [0.29, 0.717) is 17.3 Å². The highest BCUT2D eigenvalue weighted by Crippen LogP contribution is 2.22. The Hall–Kier alpha value is -3.19. The van der Waals surface area contributed by atoms with Crippen LogP contribution in [0.25, 0.3) is 23.0 Å². The molecule has 0 aliphatic rings. The van der Waals surface area contributed by atoms with Gasteiger partial charge in [-0.05, 0) is 30.0 Å². The maximum Gasteiger partial charge on any atom is 0.268 e. The average molecular weight is 329 g/mol. The summed E-state index contributed by atoms with van der Waals surface area (Å²) in [5, 5.41) is 13.4. The third kappa shape index (κ3) is 3.84. The zero-order chi connectivity index (χ0) is 17.8. The van der Waals surface area contributed by atoms with Gasteiger partial charge in [0.1, 0.15) is 11.6 Å². The van der Waals surface area contributed by atoms with Gasteiger partial charge in [-0.25, -0.2) is 0 Å². The second kappa shape index (κ2) is 7.14. The van der Waals surface area contributed by atoms with E-state index in [4.69, 9.17) is 4.52 Å². The largest absolute Gasteiger partial charge is 0.333 e. The Labute approximate surface area is 147 Å². The van der Waals surface area contributed by atoms with Crippen LogP contribution in [0.2, 0.25) is 0 Å². The molecule has 0 spiro atoms. The highest BCUT2D eigenvalue weighted by atomic mass is 16.5. The molecule has 0 bridgehead atoms. The molecule has 3 aromatic rings. The molecule has 0 unspecified atom stereocenters. The lowest BCUT2D eigenvalue weighted by atomic mass is 10.0. The standard InChI is InChI=1S/C21H19N3O/c1-14(2)17-10-6-16(7-11-17)12-19(13-22)21-23-20(24-25-21)18-8-4-15(3)5-9-18/h4-12,14H,1-3H3/b19-12+. The van der Waals surface area contributed by atoms with E-state index in [2.05, 4.69) is 42.2 Å². The second-order valence-corrected chi connectivity index (χ2v) is 6.28. The van der Waals surface area contributed by atoms with Crippen molar-refractivity contribution in [1.29, 1.82) is 5.26 Å². The molecule has 0 aliphatic carbocycles. The number of aryl methyl sites for hydroxylation is 1. The smallest absolute Gasteiger partial charge is 0.268 e. The Bertz CT molecular complexity index is 927. The molecular formula is C21H19N3O. The van der Waals surface area contributed by atoms with Crippen LogP contribution in [0.15, 0.2) is 53.1 Å². The summed E-state index contributed by atoms with van der Waals surface area (Å²) in [5.41, 5.74) is 4.56. The van der Waals surface area contributed by atoms with Crippen LogP contribution in [0.3, 0.4) is 0 Å². The maximum atomic E-state index is 9.45.